The van der Waals surface area contributed by atoms with Crippen LogP contribution in [-0.4, -0.2) is 41.0 Å². The number of fused-ring (bicyclic) bond motifs is 1. The lowest BCUT2D eigenvalue weighted by Gasteiger charge is -2.38. The van der Waals surface area contributed by atoms with Crippen LogP contribution in [0.4, 0.5) is 0 Å². The molecule has 1 amide bonds. The van der Waals surface area contributed by atoms with Gasteiger partial charge in [-0.05, 0) is 42.0 Å². The molecule has 2 aromatic rings. The molecule has 1 saturated heterocycles. The molecule has 1 aromatic carbocycles. The van der Waals surface area contributed by atoms with E-state index in [4.69, 9.17) is 0 Å². The third-order valence-electron chi connectivity index (χ3n) is 5.83. The van der Waals surface area contributed by atoms with Gasteiger partial charge in [-0.15, -0.1) is 0 Å². The Bertz CT molecular complexity index is 779. The van der Waals surface area contributed by atoms with Crippen molar-refractivity contribution in [2.75, 3.05) is 13.1 Å². The zero-order chi connectivity index (χ0) is 18.6. The van der Waals surface area contributed by atoms with Gasteiger partial charge in [0.1, 0.15) is 0 Å². The number of hydrogen-bond acceptors (Lipinski definition) is 4. The fraction of sp³-hybridized carbons (Fsp3) is 0.455. The summed E-state index contributed by atoms with van der Waals surface area (Å²) in [5.41, 5.74) is 3.70. The number of amides is 1. The first-order valence-electron chi connectivity index (χ1n) is 9.92. The Kier molecular flexibility index (Phi) is 5.50. The van der Waals surface area contributed by atoms with E-state index in [2.05, 4.69) is 57.8 Å². The van der Waals surface area contributed by atoms with Crippen LogP contribution in [0, 0.1) is 5.92 Å². The fourth-order valence-electron chi connectivity index (χ4n) is 4.23. The molecule has 1 aromatic heterocycles. The highest BCUT2D eigenvalue weighted by atomic mass is 16.2. The van der Waals surface area contributed by atoms with E-state index in [9.17, 15) is 4.79 Å². The van der Waals surface area contributed by atoms with Gasteiger partial charge in [-0.25, -0.2) is 0 Å². The molecule has 2 N–H and O–H groups in total. The van der Waals surface area contributed by atoms with Crippen LogP contribution in [0.5, 0.6) is 0 Å². The molecular formula is C22H28N4O. The van der Waals surface area contributed by atoms with E-state index >= 15 is 0 Å². The SMILES string of the molecule is C[C@@H]1CN(Cc2ccccn2)CC[C@@H]1NC(=O)[C@@H]1Cc2ccccc2CN1. The van der Waals surface area contributed by atoms with Crippen molar-refractivity contribution in [2.45, 2.75) is 44.9 Å². The number of rotatable bonds is 4. The lowest BCUT2D eigenvalue weighted by molar-refractivity contribution is -0.124. The van der Waals surface area contributed by atoms with Crippen LogP contribution in [0.25, 0.3) is 0 Å². The minimum Gasteiger partial charge on any atom is -0.352 e. The fourth-order valence-corrected chi connectivity index (χ4v) is 4.23. The van der Waals surface area contributed by atoms with Crippen LogP contribution in [0.1, 0.15) is 30.2 Å². The van der Waals surface area contributed by atoms with E-state index in [0.29, 0.717) is 5.92 Å². The molecule has 3 heterocycles. The van der Waals surface area contributed by atoms with E-state index in [1.807, 2.05) is 18.3 Å². The van der Waals surface area contributed by atoms with Gasteiger partial charge in [0, 0.05) is 38.4 Å². The molecule has 0 saturated carbocycles. The van der Waals surface area contributed by atoms with Gasteiger partial charge in [0.2, 0.25) is 5.91 Å². The van der Waals surface area contributed by atoms with Gasteiger partial charge in [-0.1, -0.05) is 37.3 Å². The Morgan fingerprint density at radius 2 is 2.04 bits per heavy atom. The summed E-state index contributed by atoms with van der Waals surface area (Å²) in [5, 5.41) is 6.70. The van der Waals surface area contributed by atoms with Crippen LogP contribution in [0.3, 0.4) is 0 Å². The lowest BCUT2D eigenvalue weighted by Crippen LogP contribution is -2.55. The van der Waals surface area contributed by atoms with Gasteiger partial charge in [-0.3, -0.25) is 14.7 Å². The van der Waals surface area contributed by atoms with Crippen molar-refractivity contribution in [1.29, 1.82) is 0 Å². The average Bonchev–Trinajstić information content (AvgIpc) is 2.70. The predicted molar refractivity (Wildman–Crippen MR) is 106 cm³/mol. The number of hydrogen-bond donors (Lipinski definition) is 2. The molecule has 0 unspecified atom stereocenters. The zero-order valence-corrected chi connectivity index (χ0v) is 15.9. The number of piperidine rings is 1. The summed E-state index contributed by atoms with van der Waals surface area (Å²) in [5.74, 6) is 0.571. The molecule has 27 heavy (non-hydrogen) atoms. The van der Waals surface area contributed by atoms with Gasteiger partial charge >= 0.3 is 0 Å². The van der Waals surface area contributed by atoms with Crippen molar-refractivity contribution in [3.8, 4) is 0 Å². The van der Waals surface area contributed by atoms with Gasteiger partial charge < -0.3 is 10.6 Å². The van der Waals surface area contributed by atoms with E-state index < -0.39 is 0 Å². The third-order valence-corrected chi connectivity index (χ3v) is 5.83. The summed E-state index contributed by atoms with van der Waals surface area (Å²) >= 11 is 0. The van der Waals surface area contributed by atoms with E-state index in [1.54, 1.807) is 0 Å². The highest BCUT2D eigenvalue weighted by molar-refractivity contribution is 5.82. The Morgan fingerprint density at radius 1 is 1.22 bits per heavy atom. The molecular weight excluding hydrogens is 336 g/mol. The minimum atomic E-state index is -0.126. The van der Waals surface area contributed by atoms with Crippen LogP contribution >= 0.6 is 0 Å². The van der Waals surface area contributed by atoms with Gasteiger partial charge in [-0.2, -0.15) is 0 Å². The topological polar surface area (TPSA) is 57.3 Å². The van der Waals surface area contributed by atoms with Gasteiger partial charge in [0.25, 0.3) is 0 Å². The maximum absolute atomic E-state index is 12.8. The average molecular weight is 364 g/mol. The molecule has 0 spiro atoms. The Morgan fingerprint density at radius 3 is 2.81 bits per heavy atom. The number of carbonyl (C=O) groups excluding carboxylic acids is 1. The summed E-state index contributed by atoms with van der Waals surface area (Å²) in [4.78, 5) is 19.7. The first kappa shape index (κ1) is 18.1. The second kappa shape index (κ2) is 8.19. The van der Waals surface area contributed by atoms with Crippen molar-refractivity contribution >= 4 is 5.91 Å². The summed E-state index contributed by atoms with van der Waals surface area (Å²) in [7, 11) is 0. The minimum absolute atomic E-state index is 0.126. The number of nitrogens with zero attached hydrogens (tertiary/aromatic N) is 2. The number of nitrogens with one attached hydrogen (secondary N) is 2. The predicted octanol–water partition coefficient (Wildman–Crippen LogP) is 2.12. The summed E-state index contributed by atoms with van der Waals surface area (Å²) in [6.45, 7) is 5.87. The largest absolute Gasteiger partial charge is 0.352 e. The number of aromatic nitrogens is 1. The lowest BCUT2D eigenvalue weighted by atomic mass is 9.92. The Labute approximate surface area is 161 Å². The molecule has 1 fully saturated rings. The highest BCUT2D eigenvalue weighted by Crippen LogP contribution is 2.20. The number of pyridine rings is 1. The molecule has 3 atom stereocenters. The monoisotopic (exact) mass is 364 g/mol. The summed E-state index contributed by atoms with van der Waals surface area (Å²) in [6.07, 6.45) is 3.61. The molecule has 4 rings (SSSR count). The molecule has 5 heteroatoms. The summed E-state index contributed by atoms with van der Waals surface area (Å²) in [6, 6.07) is 14.6. The number of carbonyl (C=O) groups is 1. The number of likely N-dealkylation sites (tertiary alicyclic amines) is 1. The standard InChI is InChI=1S/C22H28N4O/c1-16-14-26(15-19-8-4-5-10-23-19)11-9-20(16)25-22(27)21-12-17-6-2-3-7-18(17)13-24-21/h2-8,10,16,20-21,24H,9,11-15H2,1H3,(H,25,27)/t16-,20+,21+/m1/s1. The third kappa shape index (κ3) is 4.37. The van der Waals surface area contributed by atoms with E-state index in [-0.39, 0.29) is 18.0 Å². The van der Waals surface area contributed by atoms with Crippen molar-refractivity contribution < 1.29 is 4.79 Å². The Balaban J connectivity index is 1.29. The van der Waals surface area contributed by atoms with Crippen molar-refractivity contribution in [1.82, 2.24) is 20.5 Å². The molecule has 0 radical (unpaired) electrons. The second-order valence-electron chi connectivity index (χ2n) is 7.84. The van der Waals surface area contributed by atoms with Crippen LogP contribution in [-0.2, 0) is 24.3 Å². The van der Waals surface area contributed by atoms with E-state index in [0.717, 1.165) is 44.7 Å². The maximum atomic E-state index is 12.8. The smallest absolute Gasteiger partial charge is 0.237 e. The normalized spacial score (nSPS) is 25.6. The number of benzene rings is 1. The molecule has 0 aliphatic carbocycles. The second-order valence-corrected chi connectivity index (χ2v) is 7.84. The first-order valence-corrected chi connectivity index (χ1v) is 9.92. The molecule has 2 aliphatic rings. The molecule has 2 aliphatic heterocycles. The van der Waals surface area contributed by atoms with Crippen LogP contribution < -0.4 is 10.6 Å². The van der Waals surface area contributed by atoms with E-state index in [1.165, 1.54) is 11.1 Å². The zero-order valence-electron chi connectivity index (χ0n) is 15.9. The molecule has 142 valence electrons. The molecule has 0 bridgehead atoms. The van der Waals surface area contributed by atoms with Crippen molar-refractivity contribution in [2.24, 2.45) is 5.92 Å². The van der Waals surface area contributed by atoms with Crippen LogP contribution in [0.15, 0.2) is 48.7 Å². The van der Waals surface area contributed by atoms with Crippen LogP contribution in [0.2, 0.25) is 0 Å². The molecule has 5 nitrogen and oxygen atoms in total. The van der Waals surface area contributed by atoms with Gasteiger partial charge in [0.05, 0.1) is 11.7 Å². The van der Waals surface area contributed by atoms with Crippen molar-refractivity contribution in [3.63, 3.8) is 0 Å². The highest BCUT2D eigenvalue weighted by Gasteiger charge is 2.30. The van der Waals surface area contributed by atoms with Crippen molar-refractivity contribution in [3.05, 3.63) is 65.5 Å². The Hall–Kier alpha value is -2.24. The maximum Gasteiger partial charge on any atom is 0.237 e. The summed E-state index contributed by atoms with van der Waals surface area (Å²) < 4.78 is 0. The van der Waals surface area contributed by atoms with Gasteiger partial charge in [0.15, 0.2) is 0 Å². The first-order chi connectivity index (χ1) is 13.2. The quantitative estimate of drug-likeness (QED) is 0.873.